The number of amides is 4. The third-order valence-electron chi connectivity index (χ3n) is 8.02. The van der Waals surface area contributed by atoms with Gasteiger partial charge in [0.1, 0.15) is 17.5 Å². The lowest BCUT2D eigenvalue weighted by atomic mass is 9.70. The number of allylic oxidation sites excluding steroid dienone is 1. The number of nitrogens with one attached hydrogen (secondary N) is 2. The Balaban J connectivity index is 1.39. The molecule has 2 N–H and O–H groups in total. The Labute approximate surface area is 238 Å². The molecule has 2 aliphatic rings. The zero-order chi connectivity index (χ0) is 29.6. The number of urea groups is 2. The zero-order valence-electron chi connectivity index (χ0n) is 23.5. The van der Waals surface area contributed by atoms with E-state index in [1.165, 1.54) is 19.2 Å². The van der Waals surface area contributed by atoms with Gasteiger partial charge in [-0.2, -0.15) is 0 Å². The number of hydrogen-bond donors (Lipinski definition) is 2. The van der Waals surface area contributed by atoms with Gasteiger partial charge in [0.05, 0.1) is 18.1 Å². The van der Waals surface area contributed by atoms with Gasteiger partial charge in [0.2, 0.25) is 0 Å². The lowest BCUT2D eigenvalue weighted by Gasteiger charge is -2.40. The van der Waals surface area contributed by atoms with Crippen molar-refractivity contribution in [1.29, 1.82) is 0 Å². The van der Waals surface area contributed by atoms with E-state index in [0.29, 0.717) is 25.1 Å². The van der Waals surface area contributed by atoms with Crippen LogP contribution in [-0.4, -0.2) is 66.9 Å². The van der Waals surface area contributed by atoms with Crippen LogP contribution in [0, 0.1) is 4.91 Å². The first-order chi connectivity index (χ1) is 19.7. The van der Waals surface area contributed by atoms with E-state index >= 15 is 0 Å². The molecule has 11 heteroatoms. The average Bonchev–Trinajstić information content (AvgIpc) is 2.99. The van der Waals surface area contributed by atoms with Crippen molar-refractivity contribution in [3.05, 3.63) is 81.9 Å². The van der Waals surface area contributed by atoms with Gasteiger partial charge in [-0.1, -0.05) is 42.5 Å². The summed E-state index contributed by atoms with van der Waals surface area (Å²) in [6.07, 6.45) is 2.09. The molecule has 2 heterocycles. The Morgan fingerprint density at radius 2 is 1.73 bits per heavy atom. The van der Waals surface area contributed by atoms with Crippen molar-refractivity contribution in [2.75, 3.05) is 33.3 Å². The molecule has 2 aromatic rings. The van der Waals surface area contributed by atoms with Crippen LogP contribution in [-0.2, 0) is 19.7 Å². The van der Waals surface area contributed by atoms with Gasteiger partial charge < -0.3 is 20.3 Å². The standard InChI is InChI=1S/C30H35N5O6/c1-20-25(27(37)41-3)26(22-10-12-24(33-40)13-11-22)35(29(39)32-20)28(38)31-16-7-17-34-18-14-30(15-19-34,21(2)36)23-8-5-4-6-9-23/h4-6,8-13,26H,7,14-19H2,1-3H3,(H,31,38)(H,32,39). The first-order valence-electron chi connectivity index (χ1n) is 13.6. The summed E-state index contributed by atoms with van der Waals surface area (Å²) >= 11 is 0. The number of ether oxygens (including phenoxy) is 1. The predicted molar refractivity (Wildman–Crippen MR) is 152 cm³/mol. The van der Waals surface area contributed by atoms with Crippen LogP contribution in [0.4, 0.5) is 15.3 Å². The molecule has 0 spiro atoms. The number of ketones is 1. The molecule has 1 atom stereocenters. The van der Waals surface area contributed by atoms with Crippen LogP contribution in [0.5, 0.6) is 0 Å². The fourth-order valence-electron chi connectivity index (χ4n) is 5.70. The van der Waals surface area contributed by atoms with E-state index in [0.717, 1.165) is 36.4 Å². The molecular weight excluding hydrogens is 526 g/mol. The highest BCUT2D eigenvalue weighted by Crippen LogP contribution is 2.37. The second-order valence-electron chi connectivity index (χ2n) is 10.3. The van der Waals surface area contributed by atoms with E-state index < -0.39 is 29.5 Å². The van der Waals surface area contributed by atoms with Crippen molar-refractivity contribution in [2.45, 2.75) is 44.6 Å². The number of carbonyl (C=O) groups excluding carboxylic acids is 4. The molecule has 1 saturated heterocycles. The molecule has 0 bridgehead atoms. The maximum absolute atomic E-state index is 13.3. The summed E-state index contributed by atoms with van der Waals surface area (Å²) in [5.41, 5.74) is 1.59. The number of esters is 1. The van der Waals surface area contributed by atoms with Crippen molar-refractivity contribution < 1.29 is 23.9 Å². The lowest BCUT2D eigenvalue weighted by Crippen LogP contribution is -2.54. The fraction of sp³-hybridized carbons (Fsp3) is 0.400. The number of nitrogens with zero attached hydrogens (tertiary/aromatic N) is 3. The van der Waals surface area contributed by atoms with Crippen molar-refractivity contribution in [3.8, 4) is 0 Å². The van der Waals surface area contributed by atoms with Gasteiger partial charge in [-0.05, 0) is 81.2 Å². The summed E-state index contributed by atoms with van der Waals surface area (Å²) in [5, 5.41) is 8.26. The Kier molecular flexibility index (Phi) is 9.28. The Hall–Kier alpha value is -4.38. The Morgan fingerprint density at radius 3 is 2.32 bits per heavy atom. The number of piperidine rings is 1. The Bertz CT molecular complexity index is 1330. The second kappa shape index (κ2) is 12.9. The van der Waals surface area contributed by atoms with Gasteiger partial charge in [-0.3, -0.25) is 4.79 Å². The summed E-state index contributed by atoms with van der Waals surface area (Å²) in [6, 6.07) is 13.5. The third-order valence-corrected chi connectivity index (χ3v) is 8.02. The van der Waals surface area contributed by atoms with Gasteiger partial charge >= 0.3 is 18.0 Å². The van der Waals surface area contributed by atoms with E-state index in [1.807, 2.05) is 30.3 Å². The molecule has 0 radical (unpaired) electrons. The minimum Gasteiger partial charge on any atom is -0.466 e. The first-order valence-corrected chi connectivity index (χ1v) is 13.6. The highest BCUT2D eigenvalue weighted by molar-refractivity contribution is 6.01. The molecule has 1 unspecified atom stereocenters. The maximum atomic E-state index is 13.3. The molecular formula is C30H35N5O6. The molecule has 1 fully saturated rings. The molecule has 2 aromatic carbocycles. The molecule has 11 nitrogen and oxygen atoms in total. The van der Waals surface area contributed by atoms with E-state index in [-0.39, 0.29) is 22.7 Å². The number of carbonyl (C=O) groups is 4. The van der Waals surface area contributed by atoms with Gasteiger partial charge in [-0.15, -0.1) is 4.91 Å². The normalized spacial score (nSPS) is 18.9. The highest BCUT2D eigenvalue weighted by Gasteiger charge is 2.42. The number of methoxy groups -OCH3 is 1. The lowest BCUT2D eigenvalue weighted by molar-refractivity contribution is -0.137. The summed E-state index contributed by atoms with van der Waals surface area (Å²) in [5.74, 6) is -0.511. The van der Waals surface area contributed by atoms with Crippen LogP contribution in [0.25, 0.3) is 0 Å². The maximum Gasteiger partial charge on any atom is 0.337 e. The number of imide groups is 1. The molecule has 216 valence electrons. The number of Topliss-reactive ketones (excluding diaryl/α,β-unsaturated/α-hetero) is 1. The molecule has 4 rings (SSSR count). The van der Waals surface area contributed by atoms with E-state index in [9.17, 15) is 24.1 Å². The number of benzene rings is 2. The van der Waals surface area contributed by atoms with E-state index in [4.69, 9.17) is 4.74 Å². The number of likely N-dealkylation sites (tertiary alicyclic amines) is 1. The van der Waals surface area contributed by atoms with Crippen LogP contribution in [0.15, 0.2) is 71.0 Å². The smallest absolute Gasteiger partial charge is 0.337 e. The SMILES string of the molecule is COC(=O)C1=C(C)NC(=O)N(C(=O)NCCCN2CCC(C(C)=O)(c3ccccc3)CC2)C1c1ccc(N=O)cc1. The largest absolute Gasteiger partial charge is 0.466 e. The Morgan fingerprint density at radius 1 is 1.07 bits per heavy atom. The van der Waals surface area contributed by atoms with Gasteiger partial charge in [0.15, 0.2) is 0 Å². The van der Waals surface area contributed by atoms with Gasteiger partial charge in [0, 0.05) is 12.2 Å². The first kappa shape index (κ1) is 29.6. The van der Waals surface area contributed by atoms with Crippen molar-refractivity contribution in [1.82, 2.24) is 20.4 Å². The van der Waals surface area contributed by atoms with Crippen molar-refractivity contribution >= 4 is 29.5 Å². The zero-order valence-corrected chi connectivity index (χ0v) is 23.5. The van der Waals surface area contributed by atoms with Crippen LogP contribution < -0.4 is 10.6 Å². The van der Waals surface area contributed by atoms with Crippen LogP contribution in [0.1, 0.15) is 50.3 Å². The number of rotatable bonds is 9. The van der Waals surface area contributed by atoms with Gasteiger partial charge in [-0.25, -0.2) is 19.3 Å². The fourth-order valence-corrected chi connectivity index (χ4v) is 5.70. The number of hydrogen-bond acceptors (Lipinski definition) is 8. The summed E-state index contributed by atoms with van der Waals surface area (Å²) in [7, 11) is 1.22. The minimum atomic E-state index is -1.06. The predicted octanol–water partition coefficient (Wildman–Crippen LogP) is 4.32. The summed E-state index contributed by atoms with van der Waals surface area (Å²) in [4.78, 5) is 65.7. The monoisotopic (exact) mass is 561 g/mol. The molecule has 2 aliphatic heterocycles. The number of nitroso groups, excluding NO2 is 1. The minimum absolute atomic E-state index is 0.106. The quantitative estimate of drug-likeness (QED) is 0.264. The van der Waals surface area contributed by atoms with E-state index in [1.54, 1.807) is 26.0 Å². The molecule has 4 amide bonds. The van der Waals surface area contributed by atoms with Crippen LogP contribution >= 0.6 is 0 Å². The van der Waals surface area contributed by atoms with Crippen molar-refractivity contribution in [3.63, 3.8) is 0 Å². The third kappa shape index (κ3) is 6.19. The van der Waals surface area contributed by atoms with Crippen LogP contribution in [0.2, 0.25) is 0 Å². The molecule has 0 saturated carbocycles. The van der Waals surface area contributed by atoms with Crippen molar-refractivity contribution in [2.24, 2.45) is 5.18 Å². The summed E-state index contributed by atoms with van der Waals surface area (Å²) < 4.78 is 4.94. The van der Waals surface area contributed by atoms with Crippen LogP contribution in [0.3, 0.4) is 0 Å². The highest BCUT2D eigenvalue weighted by atomic mass is 16.5. The second-order valence-corrected chi connectivity index (χ2v) is 10.3. The average molecular weight is 562 g/mol. The summed E-state index contributed by atoms with van der Waals surface area (Å²) in [6.45, 7) is 5.76. The van der Waals surface area contributed by atoms with E-state index in [2.05, 4.69) is 20.7 Å². The van der Waals surface area contributed by atoms with Gasteiger partial charge in [0.25, 0.3) is 0 Å². The molecule has 0 aromatic heterocycles. The molecule has 0 aliphatic carbocycles. The topological polar surface area (TPSA) is 137 Å². The molecule has 41 heavy (non-hydrogen) atoms.